The van der Waals surface area contributed by atoms with Gasteiger partial charge >= 0.3 is 0 Å². The van der Waals surface area contributed by atoms with Crippen LogP contribution in [0.5, 0.6) is 0 Å². The van der Waals surface area contributed by atoms with Gasteiger partial charge in [0.1, 0.15) is 0 Å². The first-order valence-corrected chi connectivity index (χ1v) is 6.91. The number of rotatable bonds is 5. The largest absolute Gasteiger partial charge is 0.355 e. The van der Waals surface area contributed by atoms with Gasteiger partial charge in [-0.25, -0.2) is 0 Å². The fourth-order valence-corrected chi connectivity index (χ4v) is 2.15. The molecule has 5 heteroatoms. The number of nitrogens with one attached hydrogen (secondary N) is 3. The molecule has 0 aliphatic carbocycles. The summed E-state index contributed by atoms with van der Waals surface area (Å²) in [7, 11) is 1.60. The van der Waals surface area contributed by atoms with E-state index in [0.29, 0.717) is 18.0 Å². The maximum atomic E-state index is 12.0. The minimum absolute atomic E-state index is 0.0430. The van der Waals surface area contributed by atoms with E-state index in [9.17, 15) is 9.59 Å². The molecule has 0 bridgehead atoms. The first-order valence-electron chi connectivity index (χ1n) is 6.91. The Morgan fingerprint density at radius 1 is 1.30 bits per heavy atom. The summed E-state index contributed by atoms with van der Waals surface area (Å²) in [5.41, 5.74) is 1.61. The van der Waals surface area contributed by atoms with Crippen LogP contribution in [0.1, 0.15) is 22.8 Å². The first-order chi connectivity index (χ1) is 9.61. The van der Waals surface area contributed by atoms with Gasteiger partial charge in [-0.1, -0.05) is 19.1 Å². The van der Waals surface area contributed by atoms with Crippen LogP contribution in [0.25, 0.3) is 0 Å². The van der Waals surface area contributed by atoms with Crippen LogP contribution in [0.15, 0.2) is 24.3 Å². The van der Waals surface area contributed by atoms with Crippen LogP contribution in [0, 0.1) is 11.8 Å². The molecule has 0 spiro atoms. The summed E-state index contributed by atoms with van der Waals surface area (Å²) in [6.07, 6.45) is 0. The average molecular weight is 275 g/mol. The molecule has 1 aliphatic rings. The molecule has 1 saturated heterocycles. The second kappa shape index (κ2) is 6.52. The van der Waals surface area contributed by atoms with Crippen molar-refractivity contribution in [1.29, 1.82) is 0 Å². The average Bonchev–Trinajstić information content (AvgIpc) is 2.42. The molecule has 1 atom stereocenters. The molecule has 5 nitrogen and oxygen atoms in total. The SMILES string of the molecule is CNC(=O)c1ccc(CNC(=O)C(C)C2CNC2)cc1. The Balaban J connectivity index is 1.84. The van der Waals surface area contributed by atoms with E-state index in [4.69, 9.17) is 0 Å². The number of amides is 2. The standard InChI is InChI=1S/C15H21N3O2/c1-10(13-8-17-9-13)14(19)18-7-11-3-5-12(6-4-11)15(20)16-2/h3-6,10,13,17H,7-9H2,1-2H3,(H,16,20)(H,18,19). The summed E-state index contributed by atoms with van der Waals surface area (Å²) in [4.78, 5) is 23.4. The summed E-state index contributed by atoms with van der Waals surface area (Å²) in [6.45, 7) is 4.32. The highest BCUT2D eigenvalue weighted by Crippen LogP contribution is 2.16. The molecule has 0 saturated carbocycles. The number of benzene rings is 1. The predicted octanol–water partition coefficient (Wildman–Crippen LogP) is 0.518. The van der Waals surface area contributed by atoms with Gasteiger partial charge in [-0.05, 0) is 36.7 Å². The molecule has 1 fully saturated rings. The van der Waals surface area contributed by atoms with Gasteiger partial charge in [-0.3, -0.25) is 9.59 Å². The van der Waals surface area contributed by atoms with Crippen molar-refractivity contribution >= 4 is 11.8 Å². The molecule has 2 amide bonds. The Morgan fingerprint density at radius 2 is 1.95 bits per heavy atom. The Kier molecular flexibility index (Phi) is 4.74. The summed E-state index contributed by atoms with van der Waals surface area (Å²) in [6, 6.07) is 7.25. The van der Waals surface area contributed by atoms with Crippen molar-refractivity contribution in [2.24, 2.45) is 11.8 Å². The third-order valence-corrected chi connectivity index (χ3v) is 3.84. The lowest BCUT2D eigenvalue weighted by Gasteiger charge is -2.31. The molecule has 1 aromatic carbocycles. The fraction of sp³-hybridized carbons (Fsp3) is 0.467. The molecular formula is C15H21N3O2. The Morgan fingerprint density at radius 3 is 2.45 bits per heavy atom. The van der Waals surface area contributed by atoms with Crippen LogP contribution >= 0.6 is 0 Å². The topological polar surface area (TPSA) is 70.2 Å². The van der Waals surface area contributed by atoms with Crippen LogP contribution < -0.4 is 16.0 Å². The van der Waals surface area contributed by atoms with E-state index in [0.717, 1.165) is 18.7 Å². The number of carbonyl (C=O) groups excluding carboxylic acids is 2. The van der Waals surface area contributed by atoms with Crippen LogP contribution in [-0.4, -0.2) is 32.0 Å². The lowest BCUT2D eigenvalue weighted by Crippen LogP contribution is -2.49. The van der Waals surface area contributed by atoms with Gasteiger partial charge in [0.05, 0.1) is 0 Å². The van der Waals surface area contributed by atoms with Gasteiger partial charge in [0.2, 0.25) is 5.91 Å². The van der Waals surface area contributed by atoms with E-state index in [1.807, 2.05) is 19.1 Å². The van der Waals surface area contributed by atoms with Crippen LogP contribution in [0.2, 0.25) is 0 Å². The molecule has 0 radical (unpaired) electrons. The van der Waals surface area contributed by atoms with Gasteiger partial charge in [0.25, 0.3) is 5.91 Å². The van der Waals surface area contributed by atoms with Gasteiger partial charge in [-0.15, -0.1) is 0 Å². The second-order valence-corrected chi connectivity index (χ2v) is 5.20. The van der Waals surface area contributed by atoms with Crippen molar-refractivity contribution in [3.05, 3.63) is 35.4 Å². The summed E-state index contributed by atoms with van der Waals surface area (Å²) >= 11 is 0. The van der Waals surface area contributed by atoms with Crippen LogP contribution in [0.4, 0.5) is 0 Å². The second-order valence-electron chi connectivity index (χ2n) is 5.20. The zero-order chi connectivity index (χ0) is 14.5. The van der Waals surface area contributed by atoms with Crippen LogP contribution in [-0.2, 0) is 11.3 Å². The fourth-order valence-electron chi connectivity index (χ4n) is 2.15. The normalized spacial score (nSPS) is 16.1. The maximum absolute atomic E-state index is 12.0. The third kappa shape index (κ3) is 3.36. The van der Waals surface area contributed by atoms with Crippen molar-refractivity contribution in [1.82, 2.24) is 16.0 Å². The Hall–Kier alpha value is -1.88. The highest BCUT2D eigenvalue weighted by Gasteiger charge is 2.28. The highest BCUT2D eigenvalue weighted by molar-refractivity contribution is 5.93. The zero-order valence-corrected chi connectivity index (χ0v) is 11.9. The summed E-state index contributed by atoms with van der Waals surface area (Å²) < 4.78 is 0. The van der Waals surface area contributed by atoms with Crippen LogP contribution in [0.3, 0.4) is 0 Å². The minimum Gasteiger partial charge on any atom is -0.355 e. The third-order valence-electron chi connectivity index (χ3n) is 3.84. The summed E-state index contributed by atoms with van der Waals surface area (Å²) in [5.74, 6) is 0.477. The van der Waals surface area contributed by atoms with Gasteiger partial charge < -0.3 is 16.0 Å². The molecule has 1 aliphatic heterocycles. The molecule has 2 rings (SSSR count). The number of hydrogen-bond donors (Lipinski definition) is 3. The van der Waals surface area contributed by atoms with Gasteiger partial charge in [-0.2, -0.15) is 0 Å². The molecule has 1 aromatic rings. The monoisotopic (exact) mass is 275 g/mol. The number of hydrogen-bond acceptors (Lipinski definition) is 3. The van der Waals surface area contributed by atoms with E-state index in [2.05, 4.69) is 16.0 Å². The lowest BCUT2D eigenvalue weighted by atomic mass is 9.88. The van der Waals surface area contributed by atoms with E-state index in [1.165, 1.54) is 0 Å². The highest BCUT2D eigenvalue weighted by atomic mass is 16.2. The predicted molar refractivity (Wildman–Crippen MR) is 77.2 cm³/mol. The van der Waals surface area contributed by atoms with Gasteiger partial charge in [0, 0.05) is 25.1 Å². The molecule has 1 heterocycles. The minimum atomic E-state index is -0.105. The number of carbonyl (C=O) groups is 2. The Labute approximate surface area is 119 Å². The van der Waals surface area contributed by atoms with Gasteiger partial charge in [0.15, 0.2) is 0 Å². The van der Waals surface area contributed by atoms with Crippen molar-refractivity contribution in [2.75, 3.05) is 20.1 Å². The van der Waals surface area contributed by atoms with Crippen molar-refractivity contribution < 1.29 is 9.59 Å². The maximum Gasteiger partial charge on any atom is 0.251 e. The van der Waals surface area contributed by atoms with E-state index < -0.39 is 0 Å². The zero-order valence-electron chi connectivity index (χ0n) is 11.9. The van der Waals surface area contributed by atoms with E-state index >= 15 is 0 Å². The molecule has 108 valence electrons. The quantitative estimate of drug-likeness (QED) is 0.733. The molecular weight excluding hydrogens is 254 g/mol. The van der Waals surface area contributed by atoms with Crippen molar-refractivity contribution in [2.45, 2.75) is 13.5 Å². The molecule has 0 aromatic heterocycles. The summed E-state index contributed by atoms with van der Waals surface area (Å²) in [5, 5.41) is 8.70. The van der Waals surface area contributed by atoms with Crippen molar-refractivity contribution in [3.63, 3.8) is 0 Å². The molecule has 3 N–H and O–H groups in total. The van der Waals surface area contributed by atoms with Crippen molar-refractivity contribution in [3.8, 4) is 0 Å². The first kappa shape index (κ1) is 14.5. The smallest absolute Gasteiger partial charge is 0.251 e. The van der Waals surface area contributed by atoms with E-state index in [1.54, 1.807) is 19.2 Å². The molecule has 1 unspecified atom stereocenters. The van der Waals surface area contributed by atoms with E-state index in [-0.39, 0.29) is 17.7 Å². The lowest BCUT2D eigenvalue weighted by molar-refractivity contribution is -0.126. The Bertz CT molecular complexity index is 480. The molecule has 20 heavy (non-hydrogen) atoms.